The van der Waals surface area contributed by atoms with E-state index < -0.39 is 12.1 Å². The van der Waals surface area contributed by atoms with Gasteiger partial charge in [0.05, 0.1) is 30.4 Å². The van der Waals surface area contributed by atoms with E-state index in [1.165, 1.54) is 0 Å². The molecule has 2 aromatic carbocycles. The molecule has 0 aromatic heterocycles. The molecule has 2 heterocycles. The highest BCUT2D eigenvalue weighted by molar-refractivity contribution is 5.99. The summed E-state index contributed by atoms with van der Waals surface area (Å²) in [5, 5.41) is 18.7. The van der Waals surface area contributed by atoms with Gasteiger partial charge in [-0.1, -0.05) is 6.92 Å². The van der Waals surface area contributed by atoms with Crippen LogP contribution >= 0.6 is 0 Å². The van der Waals surface area contributed by atoms with Crippen LogP contribution in [0.15, 0.2) is 36.4 Å². The molecule has 0 saturated heterocycles. The molecule has 4 N–H and O–H groups in total. The molecule has 5 amide bonds. The monoisotopic (exact) mass is 655 g/mol. The number of carbonyl (C=O) groups is 3. The number of nitrogens with one attached hydrogen (secondary N) is 3. The smallest absolute Gasteiger partial charge is 0.321 e. The minimum absolute atomic E-state index is 0.0653. The number of likely N-dealkylation sites (N-methyl/N-ethyl adjacent to an activating group) is 1. The van der Waals surface area contributed by atoms with Crippen LogP contribution in [0.5, 0.6) is 17.2 Å². The third-order valence-corrected chi connectivity index (χ3v) is 8.15. The highest BCUT2D eigenvalue weighted by atomic mass is 16.7. The Morgan fingerprint density at radius 1 is 1.00 bits per heavy atom. The second-order valence-electron chi connectivity index (χ2n) is 12.6. The van der Waals surface area contributed by atoms with Crippen molar-refractivity contribution in [3.05, 3.63) is 42.0 Å². The number of hydrogen-bond acceptors (Lipinski definition) is 8. The van der Waals surface area contributed by atoms with Crippen LogP contribution in [0.4, 0.5) is 21.0 Å². The van der Waals surface area contributed by atoms with Gasteiger partial charge < -0.3 is 49.8 Å². The van der Waals surface area contributed by atoms with Gasteiger partial charge in [-0.15, -0.1) is 0 Å². The molecule has 0 bridgehead atoms. The Morgan fingerprint density at radius 3 is 2.43 bits per heavy atom. The van der Waals surface area contributed by atoms with Crippen molar-refractivity contribution in [3.8, 4) is 17.2 Å². The van der Waals surface area contributed by atoms with E-state index >= 15 is 0 Å². The van der Waals surface area contributed by atoms with Crippen molar-refractivity contribution in [2.45, 2.75) is 78.2 Å². The number of urea groups is 2. The largest absolute Gasteiger partial charge is 0.490 e. The number of nitrogens with zero attached hydrogens (tertiary/aromatic N) is 2. The summed E-state index contributed by atoms with van der Waals surface area (Å²) in [6.07, 6.45) is 1.78. The molecule has 4 rings (SSSR count). The molecule has 47 heavy (non-hydrogen) atoms. The third-order valence-electron chi connectivity index (χ3n) is 8.15. The molecule has 0 radical (unpaired) electrons. The molecule has 258 valence electrons. The molecule has 2 aromatic rings. The first kappa shape index (κ1) is 35.6. The average molecular weight is 656 g/mol. The molecule has 0 saturated carbocycles. The molecule has 0 unspecified atom stereocenters. The van der Waals surface area contributed by atoms with Crippen LogP contribution in [0, 0.1) is 5.92 Å². The molecule has 2 aliphatic heterocycles. The highest BCUT2D eigenvalue weighted by Gasteiger charge is 2.31. The standard InChI is InChI=1S/C34H49N5O8/c1-21(2)35-33(42)36-25-10-12-28-27(15-25)32(41)39(23(4)19-40)17-22(3)31(44-14-8-7-9-24(5)47-28)18-38(6)34(43)37-26-11-13-29-30(16-26)46-20-45-29/h10-13,15-16,21-24,31,40H,7-9,14,17-20H2,1-6H3,(H,37,43)(H2,35,36,42)/t22-,23+,24+,31-/m0/s1. The summed E-state index contributed by atoms with van der Waals surface area (Å²) < 4.78 is 23.4. The summed E-state index contributed by atoms with van der Waals surface area (Å²) in [7, 11) is 1.70. The normalized spacial score (nSPS) is 20.8. The number of hydrogen-bond donors (Lipinski definition) is 4. The van der Waals surface area contributed by atoms with E-state index in [1.54, 1.807) is 60.2 Å². The molecule has 13 heteroatoms. The topological polar surface area (TPSA) is 151 Å². The van der Waals surface area contributed by atoms with Gasteiger partial charge in [-0.3, -0.25) is 4.79 Å². The number of benzene rings is 2. The van der Waals surface area contributed by atoms with Crippen molar-refractivity contribution in [2.75, 3.05) is 50.8 Å². The fourth-order valence-electron chi connectivity index (χ4n) is 5.44. The quantitative estimate of drug-likeness (QED) is 0.329. The van der Waals surface area contributed by atoms with Gasteiger partial charge >= 0.3 is 12.1 Å². The SMILES string of the molecule is CC(C)NC(=O)Nc1ccc2c(c1)C(=O)N([C@H](C)CO)C[C@H](C)[C@H](CN(C)C(=O)Nc1ccc3c(c1)OCO3)OCCCC[C@@H](C)O2. The molecule has 0 spiro atoms. The summed E-state index contributed by atoms with van der Waals surface area (Å²) in [4.78, 5) is 43.1. The van der Waals surface area contributed by atoms with Crippen molar-refractivity contribution >= 4 is 29.3 Å². The Hall–Kier alpha value is -4.23. The van der Waals surface area contributed by atoms with Gasteiger partial charge in [0.25, 0.3) is 5.91 Å². The Labute approximate surface area is 276 Å². The van der Waals surface area contributed by atoms with Crippen molar-refractivity contribution < 1.29 is 38.4 Å². The van der Waals surface area contributed by atoms with Gasteiger partial charge in [-0.25, -0.2) is 9.59 Å². The maximum atomic E-state index is 14.3. The molecule has 0 fully saturated rings. The fourth-order valence-corrected chi connectivity index (χ4v) is 5.44. The summed E-state index contributed by atoms with van der Waals surface area (Å²) >= 11 is 0. The van der Waals surface area contributed by atoms with Crippen LogP contribution in [0.1, 0.15) is 64.2 Å². The van der Waals surface area contributed by atoms with Crippen LogP contribution in [-0.4, -0.2) is 97.3 Å². The Morgan fingerprint density at radius 2 is 1.70 bits per heavy atom. The lowest BCUT2D eigenvalue weighted by atomic mass is 10.0. The number of rotatable bonds is 7. The molecular formula is C34H49N5O8. The molecule has 0 aliphatic carbocycles. The van der Waals surface area contributed by atoms with Crippen LogP contribution < -0.4 is 30.2 Å². The van der Waals surface area contributed by atoms with Crippen LogP contribution in [0.25, 0.3) is 0 Å². The predicted octanol–water partition coefficient (Wildman–Crippen LogP) is 4.90. The molecule has 2 aliphatic rings. The van der Waals surface area contributed by atoms with Gasteiger partial charge in [-0.05, 0) is 77.3 Å². The number of aliphatic hydroxyl groups is 1. The van der Waals surface area contributed by atoms with Crippen molar-refractivity contribution in [3.63, 3.8) is 0 Å². The summed E-state index contributed by atoms with van der Waals surface area (Å²) in [5.74, 6) is 1.03. The summed E-state index contributed by atoms with van der Waals surface area (Å²) in [5.41, 5.74) is 1.29. The van der Waals surface area contributed by atoms with Crippen LogP contribution in [-0.2, 0) is 4.74 Å². The minimum atomic E-state index is -0.531. The average Bonchev–Trinajstić information content (AvgIpc) is 3.50. The number of carbonyl (C=O) groups excluding carboxylic acids is 3. The Balaban J connectivity index is 1.56. The lowest BCUT2D eigenvalue weighted by Crippen LogP contribution is -2.48. The van der Waals surface area contributed by atoms with E-state index in [2.05, 4.69) is 16.0 Å². The predicted molar refractivity (Wildman–Crippen MR) is 178 cm³/mol. The zero-order valence-electron chi connectivity index (χ0n) is 28.2. The van der Waals surface area contributed by atoms with Gasteiger partial charge in [0.15, 0.2) is 11.5 Å². The molecular weight excluding hydrogens is 606 g/mol. The van der Waals surface area contributed by atoms with Gasteiger partial charge in [0, 0.05) is 56.1 Å². The second-order valence-corrected chi connectivity index (χ2v) is 12.6. The van der Waals surface area contributed by atoms with E-state index in [9.17, 15) is 19.5 Å². The number of anilines is 2. The lowest BCUT2D eigenvalue weighted by molar-refractivity contribution is -0.0115. The van der Waals surface area contributed by atoms with Gasteiger partial charge in [-0.2, -0.15) is 0 Å². The Bertz CT molecular complexity index is 1390. The number of fused-ring (bicyclic) bond motifs is 2. The van der Waals surface area contributed by atoms with Gasteiger partial charge in [0.2, 0.25) is 6.79 Å². The maximum absolute atomic E-state index is 14.3. The molecule has 4 atom stereocenters. The van der Waals surface area contributed by atoms with Crippen molar-refractivity contribution in [2.24, 2.45) is 5.92 Å². The number of ether oxygens (including phenoxy) is 4. The zero-order chi connectivity index (χ0) is 34.1. The molecule has 13 nitrogen and oxygen atoms in total. The van der Waals surface area contributed by atoms with Crippen molar-refractivity contribution in [1.82, 2.24) is 15.1 Å². The Kier molecular flexibility index (Phi) is 12.5. The highest BCUT2D eigenvalue weighted by Crippen LogP contribution is 2.34. The zero-order valence-corrected chi connectivity index (χ0v) is 28.2. The number of aliphatic hydroxyl groups excluding tert-OH is 1. The second kappa shape index (κ2) is 16.6. The van der Waals surface area contributed by atoms with Crippen molar-refractivity contribution in [1.29, 1.82) is 0 Å². The van der Waals surface area contributed by atoms with Gasteiger partial charge in [0.1, 0.15) is 5.75 Å². The van der Waals surface area contributed by atoms with E-state index in [0.717, 1.165) is 19.3 Å². The minimum Gasteiger partial charge on any atom is -0.490 e. The first-order chi connectivity index (χ1) is 22.4. The maximum Gasteiger partial charge on any atom is 0.321 e. The van der Waals surface area contributed by atoms with E-state index in [4.69, 9.17) is 18.9 Å². The summed E-state index contributed by atoms with van der Waals surface area (Å²) in [6, 6.07) is 8.93. The van der Waals surface area contributed by atoms with E-state index in [-0.39, 0.29) is 68.1 Å². The summed E-state index contributed by atoms with van der Waals surface area (Å²) in [6.45, 7) is 10.3. The van der Waals surface area contributed by atoms with E-state index in [1.807, 2.05) is 27.7 Å². The van der Waals surface area contributed by atoms with E-state index in [0.29, 0.717) is 35.2 Å². The number of amides is 5. The third kappa shape index (κ3) is 9.88. The van der Waals surface area contributed by atoms with Crippen LogP contribution in [0.2, 0.25) is 0 Å². The first-order valence-corrected chi connectivity index (χ1v) is 16.3. The lowest BCUT2D eigenvalue weighted by Gasteiger charge is -2.35. The van der Waals surface area contributed by atoms with Crippen LogP contribution in [0.3, 0.4) is 0 Å². The first-order valence-electron chi connectivity index (χ1n) is 16.3. The fraction of sp³-hybridized carbons (Fsp3) is 0.559.